The largest absolute Gasteiger partial charge is 0.472 e. The number of hydrogen-bond donors (Lipinski definition) is 3. The summed E-state index contributed by atoms with van der Waals surface area (Å²) in [5.74, 6) is -0.926. The van der Waals surface area contributed by atoms with Crippen LogP contribution in [-0.4, -0.2) is 65.7 Å². The lowest BCUT2D eigenvalue weighted by molar-refractivity contribution is -0.161. The summed E-state index contributed by atoms with van der Waals surface area (Å²) < 4.78 is 32.7. The van der Waals surface area contributed by atoms with E-state index >= 15 is 0 Å². The zero-order chi connectivity index (χ0) is 38.4. The Bertz CT molecular complexity index is 884. The summed E-state index contributed by atoms with van der Waals surface area (Å²) in [5, 5.41) is 18.3. The molecule has 0 aromatic rings. The number of aliphatic hydroxyl groups excluding tert-OH is 2. The van der Waals surface area contributed by atoms with Crippen molar-refractivity contribution >= 4 is 19.8 Å². The highest BCUT2D eigenvalue weighted by Crippen LogP contribution is 2.43. The number of carbonyl (C=O) groups is 2. The molecule has 3 N–H and O–H groups in total. The molecule has 10 nitrogen and oxygen atoms in total. The quantitative estimate of drug-likeness (QED) is 0.0238. The Balaban J connectivity index is 4.27. The Morgan fingerprint density at radius 2 is 0.942 bits per heavy atom. The molecule has 0 aliphatic heterocycles. The van der Waals surface area contributed by atoms with Crippen molar-refractivity contribution in [2.75, 3.05) is 26.4 Å². The topological polar surface area (TPSA) is 149 Å². The molecule has 1 unspecified atom stereocenters. The number of phosphoric acid groups is 1. The van der Waals surface area contributed by atoms with Gasteiger partial charge in [0.15, 0.2) is 6.10 Å². The highest BCUT2D eigenvalue weighted by Gasteiger charge is 2.27. The fourth-order valence-corrected chi connectivity index (χ4v) is 6.66. The third-order valence-electron chi connectivity index (χ3n) is 9.17. The molecule has 0 aliphatic rings. The molecule has 52 heavy (non-hydrogen) atoms. The van der Waals surface area contributed by atoms with Gasteiger partial charge in [-0.3, -0.25) is 18.6 Å². The molecule has 0 radical (unpaired) electrons. The van der Waals surface area contributed by atoms with Gasteiger partial charge in [0.1, 0.15) is 12.7 Å². The predicted molar refractivity (Wildman–Crippen MR) is 210 cm³/mol. The Morgan fingerprint density at radius 3 is 1.42 bits per heavy atom. The van der Waals surface area contributed by atoms with Gasteiger partial charge >= 0.3 is 19.8 Å². The molecule has 11 heteroatoms. The van der Waals surface area contributed by atoms with E-state index in [-0.39, 0.29) is 19.4 Å². The van der Waals surface area contributed by atoms with Gasteiger partial charge in [0, 0.05) is 12.8 Å². The molecule has 0 fully saturated rings. The maximum Gasteiger partial charge on any atom is 0.472 e. The molecular weight excluding hydrogens is 683 g/mol. The summed E-state index contributed by atoms with van der Waals surface area (Å²) in [5.41, 5.74) is 0. The van der Waals surface area contributed by atoms with Crippen LogP contribution in [0.25, 0.3) is 0 Å². The third kappa shape index (κ3) is 37.0. The first-order chi connectivity index (χ1) is 25.2. The van der Waals surface area contributed by atoms with E-state index in [9.17, 15) is 24.2 Å². The summed E-state index contributed by atoms with van der Waals surface area (Å²) >= 11 is 0. The second-order valence-electron chi connectivity index (χ2n) is 14.4. The van der Waals surface area contributed by atoms with E-state index in [1.54, 1.807) is 0 Å². The van der Waals surface area contributed by atoms with Gasteiger partial charge in [0.25, 0.3) is 0 Å². The van der Waals surface area contributed by atoms with E-state index in [2.05, 4.69) is 30.5 Å². The number of aliphatic hydroxyl groups is 2. The maximum absolute atomic E-state index is 12.6. The summed E-state index contributed by atoms with van der Waals surface area (Å²) in [6, 6.07) is 0. The fourth-order valence-electron chi connectivity index (χ4n) is 5.87. The molecule has 0 bridgehead atoms. The molecular formula is C41H79O10P. The molecule has 0 aromatic carbocycles. The van der Waals surface area contributed by atoms with Crippen LogP contribution in [-0.2, 0) is 32.7 Å². The van der Waals surface area contributed by atoms with Crippen molar-refractivity contribution in [3.8, 4) is 0 Å². The lowest BCUT2D eigenvalue weighted by Crippen LogP contribution is -2.29. The minimum absolute atomic E-state index is 0.188. The van der Waals surface area contributed by atoms with E-state index in [0.717, 1.165) is 57.8 Å². The van der Waals surface area contributed by atoms with Gasteiger partial charge in [-0.25, -0.2) is 4.57 Å². The molecule has 0 spiro atoms. The zero-order valence-electron chi connectivity index (χ0n) is 33.3. The summed E-state index contributed by atoms with van der Waals surface area (Å²) in [7, 11) is -4.61. The molecule has 0 rings (SSSR count). The van der Waals surface area contributed by atoms with Crippen molar-refractivity contribution in [1.82, 2.24) is 0 Å². The normalized spacial score (nSPS) is 14.0. The lowest BCUT2D eigenvalue weighted by Gasteiger charge is -2.20. The minimum Gasteiger partial charge on any atom is -0.462 e. The van der Waals surface area contributed by atoms with Crippen molar-refractivity contribution in [2.24, 2.45) is 0 Å². The van der Waals surface area contributed by atoms with Gasteiger partial charge in [0.2, 0.25) is 0 Å². The van der Waals surface area contributed by atoms with E-state index < -0.39 is 51.8 Å². The van der Waals surface area contributed by atoms with E-state index in [1.165, 1.54) is 103 Å². The van der Waals surface area contributed by atoms with Crippen LogP contribution in [0.1, 0.15) is 200 Å². The number of phosphoric ester groups is 1. The van der Waals surface area contributed by atoms with Crippen molar-refractivity contribution in [2.45, 2.75) is 212 Å². The SMILES string of the molecule is CCCCC/C=C/CCCCCCCC(=O)OC[C@H](COP(=O)(O)OC[C@@H](O)CO)OC(=O)CCCCCCCCCCCCCCCCCCC. The van der Waals surface area contributed by atoms with Crippen molar-refractivity contribution in [1.29, 1.82) is 0 Å². The third-order valence-corrected chi connectivity index (χ3v) is 10.1. The fraction of sp³-hybridized carbons (Fsp3) is 0.902. The van der Waals surface area contributed by atoms with E-state index in [0.29, 0.717) is 12.8 Å². The molecule has 3 atom stereocenters. The standard InChI is InChI=1S/C41H79O10P/c1-3-5-7-9-11-13-15-17-18-19-20-21-23-25-27-29-31-33-41(45)51-39(37-50-52(46,47)49-35-38(43)34-42)36-48-40(44)32-30-28-26-24-22-16-14-12-10-8-6-4-2/h12,14,38-39,42-43H,3-11,13,15-37H2,1-2H3,(H,46,47)/b14-12+/t38-,39+/m0/s1. The number of carbonyl (C=O) groups excluding carboxylic acids is 2. The van der Waals surface area contributed by atoms with Gasteiger partial charge in [0.05, 0.1) is 19.8 Å². The van der Waals surface area contributed by atoms with Crippen LogP contribution in [0.3, 0.4) is 0 Å². The van der Waals surface area contributed by atoms with Gasteiger partial charge < -0.3 is 24.6 Å². The lowest BCUT2D eigenvalue weighted by atomic mass is 10.0. The van der Waals surface area contributed by atoms with Crippen molar-refractivity contribution < 1.29 is 47.8 Å². The number of allylic oxidation sites excluding steroid dienone is 2. The summed E-state index contributed by atoms with van der Waals surface area (Å²) in [6.07, 6.45) is 34.6. The molecule has 308 valence electrons. The van der Waals surface area contributed by atoms with Crippen LogP contribution < -0.4 is 0 Å². The van der Waals surface area contributed by atoms with E-state index in [1.807, 2.05) is 0 Å². The number of rotatable bonds is 40. The smallest absolute Gasteiger partial charge is 0.462 e. The molecule has 0 saturated carbocycles. The molecule has 0 amide bonds. The van der Waals surface area contributed by atoms with E-state index in [4.69, 9.17) is 19.1 Å². The van der Waals surface area contributed by atoms with Gasteiger partial charge in [-0.1, -0.05) is 161 Å². The first-order valence-corrected chi connectivity index (χ1v) is 22.6. The minimum atomic E-state index is -4.61. The second-order valence-corrected chi connectivity index (χ2v) is 15.8. The first kappa shape index (κ1) is 50.7. The molecule has 0 aliphatic carbocycles. The Labute approximate surface area is 317 Å². The Hall–Kier alpha value is -1.29. The van der Waals surface area contributed by atoms with Crippen molar-refractivity contribution in [3.63, 3.8) is 0 Å². The average Bonchev–Trinajstić information content (AvgIpc) is 3.13. The molecule has 0 aromatic heterocycles. The van der Waals surface area contributed by atoms with Gasteiger partial charge in [-0.15, -0.1) is 0 Å². The molecule has 0 heterocycles. The monoisotopic (exact) mass is 763 g/mol. The number of unbranched alkanes of at least 4 members (excludes halogenated alkanes) is 24. The van der Waals surface area contributed by atoms with Crippen LogP contribution in [0, 0.1) is 0 Å². The van der Waals surface area contributed by atoms with Gasteiger partial charge in [-0.2, -0.15) is 0 Å². The number of ether oxygens (including phenoxy) is 2. The predicted octanol–water partition coefficient (Wildman–Crippen LogP) is 10.8. The number of hydrogen-bond acceptors (Lipinski definition) is 9. The Kier molecular flexibility index (Phi) is 37.1. The maximum atomic E-state index is 12.6. The average molecular weight is 763 g/mol. The second kappa shape index (κ2) is 38.0. The van der Waals surface area contributed by atoms with Crippen LogP contribution in [0.15, 0.2) is 12.2 Å². The summed E-state index contributed by atoms with van der Waals surface area (Å²) in [6.45, 7) is 2.36. The van der Waals surface area contributed by atoms with Crippen LogP contribution >= 0.6 is 7.82 Å². The van der Waals surface area contributed by atoms with Crippen LogP contribution in [0.5, 0.6) is 0 Å². The van der Waals surface area contributed by atoms with Crippen molar-refractivity contribution in [3.05, 3.63) is 12.2 Å². The van der Waals surface area contributed by atoms with Gasteiger partial charge in [-0.05, 0) is 38.5 Å². The first-order valence-electron chi connectivity index (χ1n) is 21.1. The highest BCUT2D eigenvalue weighted by molar-refractivity contribution is 7.47. The highest BCUT2D eigenvalue weighted by atomic mass is 31.2. The Morgan fingerprint density at radius 1 is 0.558 bits per heavy atom. The van der Waals surface area contributed by atoms with Crippen LogP contribution in [0.4, 0.5) is 0 Å². The molecule has 0 saturated heterocycles. The zero-order valence-corrected chi connectivity index (χ0v) is 34.2. The summed E-state index contributed by atoms with van der Waals surface area (Å²) in [4.78, 5) is 34.9. The van der Waals surface area contributed by atoms with Crippen LogP contribution in [0.2, 0.25) is 0 Å². The number of esters is 2.